The van der Waals surface area contributed by atoms with Crippen molar-refractivity contribution in [3.8, 4) is 0 Å². The van der Waals surface area contributed by atoms with Crippen LogP contribution in [0.25, 0.3) is 0 Å². The zero-order valence-corrected chi connectivity index (χ0v) is 15.0. The third-order valence-corrected chi connectivity index (χ3v) is 5.18. The van der Waals surface area contributed by atoms with Crippen LogP contribution >= 0.6 is 11.3 Å². The predicted octanol–water partition coefficient (Wildman–Crippen LogP) is 4.14. The van der Waals surface area contributed by atoms with Gasteiger partial charge in [-0.1, -0.05) is 6.92 Å². The minimum atomic E-state index is -0.00993. The van der Waals surface area contributed by atoms with E-state index in [0.29, 0.717) is 19.1 Å². The number of ether oxygens (including phenoxy) is 1. The summed E-state index contributed by atoms with van der Waals surface area (Å²) in [5, 5.41) is 7.27. The molecular formula is C18H24N2O3S. The normalized spacial score (nSPS) is 18.8. The van der Waals surface area contributed by atoms with Gasteiger partial charge >= 0.3 is 6.03 Å². The second-order valence-electron chi connectivity index (χ2n) is 6.23. The molecule has 0 radical (unpaired) electrons. The summed E-state index contributed by atoms with van der Waals surface area (Å²) in [6.45, 7) is 4.00. The Morgan fingerprint density at radius 1 is 1.50 bits per heavy atom. The van der Waals surface area contributed by atoms with E-state index in [0.717, 1.165) is 30.9 Å². The first-order valence-electron chi connectivity index (χ1n) is 8.33. The lowest BCUT2D eigenvalue weighted by atomic mass is 10.1. The van der Waals surface area contributed by atoms with Crippen molar-refractivity contribution in [2.45, 2.75) is 38.3 Å². The molecule has 2 aromatic heterocycles. The zero-order valence-electron chi connectivity index (χ0n) is 14.2. The topological polar surface area (TPSA) is 54.7 Å². The standard InChI is InChI=1S/C18H24N2O3S/c1-13(14-7-9-24-12-14)10-19-18(21)20-8-3-4-16(20)17-6-5-15(23-17)11-22-2/h5-7,9,12-13,16H,3-4,8,10-11H2,1-2H3,(H,19,21)/t13-,16+/m1/s1. The van der Waals surface area contributed by atoms with Gasteiger partial charge in [-0.3, -0.25) is 0 Å². The second kappa shape index (κ2) is 7.85. The number of carbonyl (C=O) groups excluding carboxylic acids is 1. The molecule has 0 aliphatic carbocycles. The van der Waals surface area contributed by atoms with Crippen molar-refractivity contribution in [3.63, 3.8) is 0 Å². The monoisotopic (exact) mass is 348 g/mol. The van der Waals surface area contributed by atoms with Crippen LogP contribution in [0.1, 0.15) is 48.8 Å². The Kier molecular flexibility index (Phi) is 5.58. The summed E-state index contributed by atoms with van der Waals surface area (Å²) in [5.74, 6) is 1.96. The van der Waals surface area contributed by atoms with Crippen LogP contribution in [0.5, 0.6) is 0 Å². The maximum absolute atomic E-state index is 12.6. The molecule has 1 N–H and O–H groups in total. The van der Waals surface area contributed by atoms with Gasteiger partial charge in [-0.05, 0) is 53.3 Å². The average Bonchev–Trinajstić information content (AvgIpc) is 3.32. The van der Waals surface area contributed by atoms with Gasteiger partial charge in [0.05, 0.1) is 6.04 Å². The van der Waals surface area contributed by atoms with Crippen LogP contribution in [0.4, 0.5) is 4.79 Å². The predicted molar refractivity (Wildman–Crippen MR) is 94.2 cm³/mol. The summed E-state index contributed by atoms with van der Waals surface area (Å²) in [5.41, 5.74) is 1.27. The fraction of sp³-hybridized carbons (Fsp3) is 0.500. The smallest absolute Gasteiger partial charge is 0.318 e. The molecule has 0 saturated carbocycles. The van der Waals surface area contributed by atoms with E-state index in [-0.39, 0.29) is 12.1 Å². The van der Waals surface area contributed by atoms with E-state index in [1.807, 2.05) is 17.0 Å². The highest BCUT2D eigenvalue weighted by Gasteiger charge is 2.32. The number of methoxy groups -OCH3 is 1. The van der Waals surface area contributed by atoms with Crippen molar-refractivity contribution < 1.29 is 13.9 Å². The van der Waals surface area contributed by atoms with Crippen LogP contribution in [-0.4, -0.2) is 31.1 Å². The molecular weight excluding hydrogens is 324 g/mol. The van der Waals surface area contributed by atoms with Crippen LogP contribution in [0, 0.1) is 0 Å². The molecule has 2 aromatic rings. The first kappa shape index (κ1) is 17.0. The molecule has 130 valence electrons. The molecule has 1 aliphatic rings. The number of amides is 2. The van der Waals surface area contributed by atoms with Gasteiger partial charge < -0.3 is 19.4 Å². The van der Waals surface area contributed by atoms with E-state index in [2.05, 4.69) is 29.1 Å². The lowest BCUT2D eigenvalue weighted by Crippen LogP contribution is -2.40. The molecule has 0 unspecified atom stereocenters. The molecule has 1 saturated heterocycles. The number of likely N-dealkylation sites (tertiary alicyclic amines) is 1. The number of hydrogen-bond donors (Lipinski definition) is 1. The third-order valence-electron chi connectivity index (χ3n) is 4.48. The highest BCUT2D eigenvalue weighted by atomic mass is 32.1. The lowest BCUT2D eigenvalue weighted by molar-refractivity contribution is 0.156. The van der Waals surface area contributed by atoms with Crippen LogP contribution < -0.4 is 5.32 Å². The number of nitrogens with one attached hydrogen (secondary N) is 1. The van der Waals surface area contributed by atoms with Crippen molar-refractivity contribution in [3.05, 3.63) is 46.0 Å². The van der Waals surface area contributed by atoms with Crippen LogP contribution in [-0.2, 0) is 11.3 Å². The van der Waals surface area contributed by atoms with Crippen LogP contribution in [0.2, 0.25) is 0 Å². The molecule has 1 fully saturated rings. The third kappa shape index (κ3) is 3.82. The van der Waals surface area contributed by atoms with Gasteiger partial charge in [0.15, 0.2) is 0 Å². The van der Waals surface area contributed by atoms with E-state index < -0.39 is 0 Å². The van der Waals surface area contributed by atoms with Crippen molar-refractivity contribution in [2.75, 3.05) is 20.2 Å². The number of nitrogens with zero attached hydrogens (tertiary/aromatic N) is 1. The fourth-order valence-electron chi connectivity index (χ4n) is 3.11. The number of rotatable bonds is 6. The summed E-state index contributed by atoms with van der Waals surface area (Å²) >= 11 is 1.69. The first-order chi connectivity index (χ1) is 11.7. The molecule has 2 atom stereocenters. The number of hydrogen-bond acceptors (Lipinski definition) is 4. The molecule has 3 heterocycles. The van der Waals surface area contributed by atoms with E-state index >= 15 is 0 Å². The van der Waals surface area contributed by atoms with E-state index in [9.17, 15) is 4.79 Å². The van der Waals surface area contributed by atoms with E-state index in [4.69, 9.17) is 9.15 Å². The minimum absolute atomic E-state index is 0.00993. The number of thiophene rings is 1. The molecule has 0 spiro atoms. The maximum Gasteiger partial charge on any atom is 0.318 e. The highest BCUT2D eigenvalue weighted by molar-refractivity contribution is 7.07. The maximum atomic E-state index is 12.6. The van der Waals surface area contributed by atoms with Gasteiger partial charge in [-0.15, -0.1) is 0 Å². The second-order valence-corrected chi connectivity index (χ2v) is 7.01. The van der Waals surface area contributed by atoms with Gasteiger partial charge in [-0.2, -0.15) is 11.3 Å². The summed E-state index contributed by atoms with van der Waals surface area (Å²) in [7, 11) is 1.65. The Hall–Kier alpha value is -1.79. The molecule has 2 amide bonds. The lowest BCUT2D eigenvalue weighted by Gasteiger charge is -2.24. The number of urea groups is 1. The molecule has 3 rings (SSSR count). The van der Waals surface area contributed by atoms with Gasteiger partial charge in [0.1, 0.15) is 18.1 Å². The van der Waals surface area contributed by atoms with Gasteiger partial charge in [0.2, 0.25) is 0 Å². The van der Waals surface area contributed by atoms with Crippen molar-refractivity contribution >= 4 is 17.4 Å². The molecule has 1 aliphatic heterocycles. The Labute approximate surface area is 146 Å². The summed E-state index contributed by atoms with van der Waals surface area (Å²) in [6, 6.07) is 6.00. The molecule has 24 heavy (non-hydrogen) atoms. The summed E-state index contributed by atoms with van der Waals surface area (Å²) in [4.78, 5) is 14.5. The van der Waals surface area contributed by atoms with Crippen molar-refractivity contribution in [1.82, 2.24) is 10.2 Å². The highest BCUT2D eigenvalue weighted by Crippen LogP contribution is 2.33. The number of carbonyl (C=O) groups is 1. The van der Waals surface area contributed by atoms with Gasteiger partial charge in [0, 0.05) is 20.2 Å². The Balaban J connectivity index is 1.58. The minimum Gasteiger partial charge on any atom is -0.461 e. The van der Waals surface area contributed by atoms with Crippen LogP contribution in [0.15, 0.2) is 33.4 Å². The van der Waals surface area contributed by atoms with Crippen LogP contribution in [0.3, 0.4) is 0 Å². The van der Waals surface area contributed by atoms with Crippen molar-refractivity contribution in [2.24, 2.45) is 0 Å². The van der Waals surface area contributed by atoms with Crippen molar-refractivity contribution in [1.29, 1.82) is 0 Å². The quantitative estimate of drug-likeness (QED) is 0.854. The Morgan fingerprint density at radius 3 is 3.12 bits per heavy atom. The first-order valence-corrected chi connectivity index (χ1v) is 9.27. The average molecular weight is 348 g/mol. The van der Waals surface area contributed by atoms with E-state index in [1.54, 1.807) is 18.4 Å². The zero-order chi connectivity index (χ0) is 16.9. The molecule has 0 bridgehead atoms. The summed E-state index contributed by atoms with van der Waals surface area (Å²) < 4.78 is 10.9. The SMILES string of the molecule is COCc1ccc([C@@H]2CCCN2C(=O)NC[C@@H](C)c2ccsc2)o1. The molecule has 5 nitrogen and oxygen atoms in total. The van der Waals surface area contributed by atoms with Gasteiger partial charge in [0.25, 0.3) is 0 Å². The fourth-order valence-corrected chi connectivity index (χ4v) is 3.90. The number of furan rings is 1. The van der Waals surface area contributed by atoms with Gasteiger partial charge in [-0.25, -0.2) is 4.79 Å². The largest absolute Gasteiger partial charge is 0.461 e. The Bertz CT molecular complexity index is 653. The van der Waals surface area contributed by atoms with E-state index in [1.165, 1.54) is 5.56 Å². The Morgan fingerprint density at radius 2 is 2.38 bits per heavy atom. The molecule has 6 heteroatoms. The molecule has 0 aromatic carbocycles. The summed E-state index contributed by atoms with van der Waals surface area (Å²) in [6.07, 6.45) is 1.94.